The molecule has 0 aliphatic carbocycles. The smallest absolute Gasteiger partial charge is 0.410 e. The molecule has 0 unspecified atom stereocenters. The van der Waals surface area contributed by atoms with E-state index < -0.39 is 5.60 Å². The quantitative estimate of drug-likeness (QED) is 0.448. The fraction of sp³-hybridized carbons (Fsp3) is 0.517. The summed E-state index contributed by atoms with van der Waals surface area (Å²) in [6.07, 6.45) is 2.27. The van der Waals surface area contributed by atoms with E-state index in [1.807, 2.05) is 62.6 Å². The zero-order valence-corrected chi connectivity index (χ0v) is 22.7. The van der Waals surface area contributed by atoms with E-state index in [2.05, 4.69) is 17.0 Å². The number of Topliss-reactive ketones (excluding diaryl/α,β-unsaturated/α-hetero) is 1. The van der Waals surface area contributed by atoms with Gasteiger partial charge in [-0.1, -0.05) is 6.92 Å². The average molecular weight is 509 g/mol. The van der Waals surface area contributed by atoms with Gasteiger partial charge in [-0.25, -0.2) is 4.79 Å². The Balaban J connectivity index is 1.58. The standard InChI is InChI=1S/C29H36N2O4S/c1-6-25(32)21-16-19(34-5)8-9-20(21)18-14-22-23-17-30(28(33)35-29(2,3)4)12-10-24(23)31-11-7-13-36-26(15-18)27(22)31/h8-9,14-16,23-24H,6-7,10-13,17H2,1-5H3/t23-,24-/m0/s1. The minimum Gasteiger partial charge on any atom is -0.497 e. The van der Waals surface area contributed by atoms with Crippen molar-refractivity contribution in [1.29, 1.82) is 0 Å². The van der Waals surface area contributed by atoms with Crippen molar-refractivity contribution in [2.75, 3.05) is 37.4 Å². The second-order valence-electron chi connectivity index (χ2n) is 10.9. The molecule has 1 fully saturated rings. The summed E-state index contributed by atoms with van der Waals surface area (Å²) < 4.78 is 11.1. The predicted octanol–water partition coefficient (Wildman–Crippen LogP) is 6.36. The van der Waals surface area contributed by atoms with E-state index >= 15 is 0 Å². The highest BCUT2D eigenvalue weighted by Gasteiger charge is 2.45. The van der Waals surface area contributed by atoms with Crippen molar-refractivity contribution in [3.8, 4) is 16.9 Å². The first kappa shape index (κ1) is 25.0. The average Bonchev–Trinajstić information content (AvgIpc) is 3.01. The summed E-state index contributed by atoms with van der Waals surface area (Å²) in [5, 5.41) is 0. The Bertz CT molecular complexity index is 1190. The Kier molecular flexibility index (Phi) is 6.70. The molecule has 7 heteroatoms. The van der Waals surface area contributed by atoms with E-state index in [1.165, 1.54) is 16.1 Å². The molecule has 3 aliphatic rings. The number of hydrogen-bond acceptors (Lipinski definition) is 6. The topological polar surface area (TPSA) is 59.1 Å². The zero-order chi connectivity index (χ0) is 25.6. The zero-order valence-electron chi connectivity index (χ0n) is 21.9. The fourth-order valence-corrected chi connectivity index (χ4v) is 6.85. The van der Waals surface area contributed by atoms with Crippen LogP contribution in [-0.4, -0.2) is 60.9 Å². The van der Waals surface area contributed by atoms with Gasteiger partial charge in [-0.2, -0.15) is 0 Å². The number of amides is 1. The summed E-state index contributed by atoms with van der Waals surface area (Å²) >= 11 is 1.91. The Morgan fingerprint density at radius 3 is 2.67 bits per heavy atom. The normalized spacial score (nSPS) is 20.9. The summed E-state index contributed by atoms with van der Waals surface area (Å²) in [5.74, 6) is 2.10. The van der Waals surface area contributed by atoms with Gasteiger partial charge < -0.3 is 19.3 Å². The van der Waals surface area contributed by atoms with E-state index in [-0.39, 0.29) is 17.8 Å². The van der Waals surface area contributed by atoms with Crippen molar-refractivity contribution in [2.45, 2.75) is 69.4 Å². The van der Waals surface area contributed by atoms with Crippen LogP contribution in [0.15, 0.2) is 35.2 Å². The van der Waals surface area contributed by atoms with Gasteiger partial charge in [-0.3, -0.25) is 4.79 Å². The van der Waals surface area contributed by atoms with Crippen LogP contribution in [0.5, 0.6) is 5.75 Å². The molecular weight excluding hydrogens is 472 g/mol. The maximum absolute atomic E-state index is 12.9. The number of piperidine rings is 1. The Hall–Kier alpha value is -2.67. The number of carbonyl (C=O) groups is 2. The molecule has 6 nitrogen and oxygen atoms in total. The van der Waals surface area contributed by atoms with Gasteiger partial charge in [0.15, 0.2) is 5.78 Å². The van der Waals surface area contributed by atoms with E-state index in [0.29, 0.717) is 36.9 Å². The first-order valence-corrected chi connectivity index (χ1v) is 14.0. The van der Waals surface area contributed by atoms with Crippen LogP contribution in [0.1, 0.15) is 68.8 Å². The van der Waals surface area contributed by atoms with Crippen molar-refractivity contribution in [1.82, 2.24) is 4.90 Å². The number of anilines is 1. The summed E-state index contributed by atoms with van der Waals surface area (Å²) in [7, 11) is 1.63. The summed E-state index contributed by atoms with van der Waals surface area (Å²) in [6.45, 7) is 10.0. The number of ether oxygens (including phenoxy) is 2. The molecular formula is C29H36N2O4S. The third-order valence-corrected chi connectivity index (χ3v) is 8.49. The fourth-order valence-electron chi connectivity index (χ4n) is 5.78. The Labute approximate surface area is 218 Å². The largest absolute Gasteiger partial charge is 0.497 e. The number of hydrogen-bond donors (Lipinski definition) is 0. The maximum Gasteiger partial charge on any atom is 0.410 e. The van der Waals surface area contributed by atoms with Gasteiger partial charge in [0.2, 0.25) is 0 Å². The number of fused-ring (bicyclic) bond motifs is 3. The van der Waals surface area contributed by atoms with Crippen LogP contribution in [0.4, 0.5) is 10.5 Å². The maximum atomic E-state index is 12.9. The van der Waals surface area contributed by atoms with Crippen LogP contribution in [0.2, 0.25) is 0 Å². The SMILES string of the molecule is CCC(=O)c1cc(OC)ccc1-c1cc2c3c(c1)[C@@H]1CN(C(=O)OC(C)(C)C)CC[C@@H]1N3CCCS2. The second-order valence-corrected chi connectivity index (χ2v) is 12.0. The van der Waals surface area contributed by atoms with Crippen LogP contribution in [0.3, 0.4) is 0 Å². The second kappa shape index (κ2) is 9.66. The Morgan fingerprint density at radius 1 is 1.14 bits per heavy atom. The lowest BCUT2D eigenvalue weighted by atomic mass is 9.87. The van der Waals surface area contributed by atoms with Crippen molar-refractivity contribution in [2.24, 2.45) is 0 Å². The number of likely N-dealkylation sites (tertiary alicyclic amines) is 1. The highest BCUT2D eigenvalue weighted by atomic mass is 32.2. The lowest BCUT2D eigenvalue weighted by Gasteiger charge is -2.39. The molecule has 5 rings (SSSR count). The van der Waals surface area contributed by atoms with Gasteiger partial charge in [0.05, 0.1) is 12.8 Å². The molecule has 1 saturated heterocycles. The van der Waals surface area contributed by atoms with Gasteiger partial charge in [0.1, 0.15) is 11.4 Å². The first-order valence-electron chi connectivity index (χ1n) is 13.0. The lowest BCUT2D eigenvalue weighted by molar-refractivity contribution is 0.0189. The lowest BCUT2D eigenvalue weighted by Crippen LogP contribution is -2.49. The number of thioether (sulfide) groups is 1. The molecule has 2 aromatic carbocycles. The van der Waals surface area contributed by atoms with Gasteiger partial charge >= 0.3 is 6.09 Å². The highest BCUT2D eigenvalue weighted by Crippen LogP contribution is 2.52. The van der Waals surface area contributed by atoms with Crippen molar-refractivity contribution < 1.29 is 19.1 Å². The molecule has 2 aromatic rings. The molecule has 192 valence electrons. The minimum absolute atomic E-state index is 0.108. The molecule has 0 aromatic heterocycles. The predicted molar refractivity (Wildman–Crippen MR) is 145 cm³/mol. The van der Waals surface area contributed by atoms with Crippen LogP contribution >= 0.6 is 11.8 Å². The molecule has 0 N–H and O–H groups in total. The summed E-state index contributed by atoms with van der Waals surface area (Å²) in [5.41, 5.74) is 4.82. The molecule has 0 spiro atoms. The van der Waals surface area contributed by atoms with Crippen LogP contribution in [-0.2, 0) is 4.74 Å². The van der Waals surface area contributed by atoms with Crippen molar-refractivity contribution in [3.63, 3.8) is 0 Å². The van der Waals surface area contributed by atoms with E-state index in [1.54, 1.807) is 7.11 Å². The molecule has 1 amide bonds. The number of ketones is 1. The monoisotopic (exact) mass is 508 g/mol. The molecule has 36 heavy (non-hydrogen) atoms. The number of carbonyl (C=O) groups excluding carboxylic acids is 2. The van der Waals surface area contributed by atoms with Crippen molar-refractivity contribution >= 4 is 29.3 Å². The van der Waals surface area contributed by atoms with Crippen molar-refractivity contribution in [3.05, 3.63) is 41.5 Å². The van der Waals surface area contributed by atoms with E-state index in [0.717, 1.165) is 36.3 Å². The van der Waals surface area contributed by atoms with Gasteiger partial charge in [0.25, 0.3) is 0 Å². The van der Waals surface area contributed by atoms with Crippen LogP contribution in [0.25, 0.3) is 11.1 Å². The number of benzene rings is 2. The van der Waals surface area contributed by atoms with Gasteiger partial charge in [-0.15, -0.1) is 11.8 Å². The van der Waals surface area contributed by atoms with E-state index in [9.17, 15) is 9.59 Å². The van der Waals surface area contributed by atoms with Gasteiger partial charge in [0, 0.05) is 48.5 Å². The third kappa shape index (κ3) is 4.58. The van der Waals surface area contributed by atoms with Crippen LogP contribution < -0.4 is 9.64 Å². The third-order valence-electron chi connectivity index (χ3n) is 7.38. The molecule has 2 atom stereocenters. The van der Waals surface area contributed by atoms with Gasteiger partial charge in [-0.05, 0) is 86.4 Å². The highest BCUT2D eigenvalue weighted by molar-refractivity contribution is 7.99. The first-order chi connectivity index (χ1) is 17.2. The minimum atomic E-state index is -0.512. The molecule has 3 heterocycles. The molecule has 0 radical (unpaired) electrons. The molecule has 0 saturated carbocycles. The Morgan fingerprint density at radius 2 is 1.94 bits per heavy atom. The molecule has 0 bridgehead atoms. The number of nitrogens with zero attached hydrogens (tertiary/aromatic N) is 2. The number of rotatable bonds is 4. The number of methoxy groups -OCH3 is 1. The summed E-state index contributed by atoms with van der Waals surface area (Å²) in [6, 6.07) is 10.7. The van der Waals surface area contributed by atoms with E-state index in [4.69, 9.17) is 9.47 Å². The summed E-state index contributed by atoms with van der Waals surface area (Å²) in [4.78, 5) is 31.6. The van der Waals surface area contributed by atoms with Crippen LogP contribution in [0, 0.1) is 0 Å². The molecule has 3 aliphatic heterocycles.